The van der Waals surface area contributed by atoms with Gasteiger partial charge in [-0.25, -0.2) is 0 Å². The van der Waals surface area contributed by atoms with Gasteiger partial charge in [0.2, 0.25) is 0 Å². The molecule has 0 aromatic carbocycles. The van der Waals surface area contributed by atoms with Gasteiger partial charge < -0.3 is 9.64 Å². The normalized spacial score (nSPS) is 20.8. The number of hydrogen-bond donors (Lipinski definition) is 0. The van der Waals surface area contributed by atoms with E-state index in [4.69, 9.17) is 4.74 Å². The molecule has 2 aromatic rings. The third kappa shape index (κ3) is 5.07. The van der Waals surface area contributed by atoms with Crippen molar-refractivity contribution < 1.29 is 9.53 Å². The Kier molecular flexibility index (Phi) is 6.79. The summed E-state index contributed by atoms with van der Waals surface area (Å²) in [6, 6.07) is 0.904. The summed E-state index contributed by atoms with van der Waals surface area (Å²) < 4.78 is 9.16. The highest BCUT2D eigenvalue weighted by atomic mass is 16.5. The molecule has 2 aliphatic rings. The van der Waals surface area contributed by atoms with Crippen LogP contribution in [0.2, 0.25) is 0 Å². The first-order valence-corrected chi connectivity index (χ1v) is 11.1. The zero-order chi connectivity index (χ0) is 20.9. The molecule has 0 aliphatic carbocycles. The fourth-order valence-corrected chi connectivity index (χ4v) is 4.29. The first kappa shape index (κ1) is 21.0. The molecule has 2 saturated heterocycles. The summed E-state index contributed by atoms with van der Waals surface area (Å²) in [7, 11) is 0. The number of amides is 1. The van der Waals surface area contributed by atoms with Gasteiger partial charge in [0, 0.05) is 50.0 Å². The topological polar surface area (TPSA) is 81.3 Å². The lowest BCUT2D eigenvalue weighted by atomic mass is 9.99. The van der Waals surface area contributed by atoms with Crippen molar-refractivity contribution >= 4 is 5.91 Å². The second-order valence-electron chi connectivity index (χ2n) is 8.60. The molecular formula is C21H33N7O2. The number of piperidine rings is 1. The first-order chi connectivity index (χ1) is 14.6. The fourth-order valence-electron chi connectivity index (χ4n) is 4.29. The molecule has 0 saturated carbocycles. The summed E-state index contributed by atoms with van der Waals surface area (Å²) in [4.78, 5) is 16.9. The van der Waals surface area contributed by atoms with E-state index in [-0.39, 0.29) is 5.91 Å². The predicted octanol–water partition coefficient (Wildman–Crippen LogP) is 1.97. The van der Waals surface area contributed by atoms with Gasteiger partial charge in [0.25, 0.3) is 5.91 Å². The van der Waals surface area contributed by atoms with Crippen molar-refractivity contribution in [1.82, 2.24) is 34.6 Å². The van der Waals surface area contributed by atoms with Gasteiger partial charge in [-0.3, -0.25) is 19.1 Å². The van der Waals surface area contributed by atoms with Crippen LogP contribution in [0, 0.1) is 0 Å². The molecule has 2 fully saturated rings. The molecule has 0 bridgehead atoms. The predicted molar refractivity (Wildman–Crippen MR) is 112 cm³/mol. The Hall–Kier alpha value is -2.26. The lowest BCUT2D eigenvalue weighted by Gasteiger charge is -2.35. The van der Waals surface area contributed by atoms with Crippen molar-refractivity contribution in [3.05, 3.63) is 29.8 Å². The molecule has 0 radical (unpaired) electrons. The summed E-state index contributed by atoms with van der Waals surface area (Å²) in [5.41, 5.74) is 1.70. The number of hydrogen-bond acceptors (Lipinski definition) is 6. The zero-order valence-corrected chi connectivity index (χ0v) is 18.1. The van der Waals surface area contributed by atoms with E-state index in [2.05, 4.69) is 40.4 Å². The number of aryl methyl sites for hydroxylation is 1. The third-order valence-corrected chi connectivity index (χ3v) is 6.07. The molecule has 2 aromatic heterocycles. The molecule has 2 aliphatic heterocycles. The monoisotopic (exact) mass is 415 g/mol. The molecule has 1 amide bonds. The minimum absolute atomic E-state index is 0.0500. The van der Waals surface area contributed by atoms with Crippen molar-refractivity contribution in [2.75, 3.05) is 32.8 Å². The Labute approximate surface area is 178 Å². The quantitative estimate of drug-likeness (QED) is 0.688. The van der Waals surface area contributed by atoms with E-state index in [9.17, 15) is 4.79 Å². The van der Waals surface area contributed by atoms with Crippen LogP contribution < -0.4 is 0 Å². The Morgan fingerprint density at radius 2 is 2.03 bits per heavy atom. The molecule has 9 nitrogen and oxygen atoms in total. The fraction of sp³-hybridized carbons (Fsp3) is 0.714. The van der Waals surface area contributed by atoms with E-state index < -0.39 is 0 Å². The van der Waals surface area contributed by atoms with E-state index in [0.29, 0.717) is 44.1 Å². The minimum Gasteiger partial charge on any atom is -0.378 e. The first-order valence-electron chi connectivity index (χ1n) is 11.1. The van der Waals surface area contributed by atoms with E-state index in [0.717, 1.165) is 26.1 Å². The maximum Gasteiger partial charge on any atom is 0.276 e. The lowest BCUT2D eigenvalue weighted by Crippen LogP contribution is -2.40. The van der Waals surface area contributed by atoms with Crippen LogP contribution in [-0.2, 0) is 17.8 Å². The van der Waals surface area contributed by atoms with Crippen molar-refractivity contribution in [2.45, 2.75) is 64.7 Å². The van der Waals surface area contributed by atoms with Crippen LogP contribution in [0.25, 0.3) is 0 Å². The highest BCUT2D eigenvalue weighted by molar-refractivity contribution is 5.91. The molecule has 1 atom stereocenters. The number of carbonyl (C=O) groups excluding carboxylic acids is 1. The number of rotatable bonds is 7. The molecule has 30 heavy (non-hydrogen) atoms. The van der Waals surface area contributed by atoms with Crippen LogP contribution in [0.1, 0.15) is 61.6 Å². The summed E-state index contributed by atoms with van der Waals surface area (Å²) in [6.07, 6.45) is 10.7. The van der Waals surface area contributed by atoms with E-state index in [1.807, 2.05) is 15.6 Å². The summed E-state index contributed by atoms with van der Waals surface area (Å²) in [5, 5.41) is 12.8. The lowest BCUT2D eigenvalue weighted by molar-refractivity contribution is 0.0299. The minimum atomic E-state index is -0.0500. The maximum absolute atomic E-state index is 12.6. The summed E-state index contributed by atoms with van der Waals surface area (Å²) in [6.45, 7) is 9.56. The number of aromatic nitrogens is 5. The summed E-state index contributed by atoms with van der Waals surface area (Å²) in [5.74, 6) is -0.0500. The second kappa shape index (κ2) is 9.70. The number of nitrogens with zero attached hydrogens (tertiary/aromatic N) is 7. The van der Waals surface area contributed by atoms with Gasteiger partial charge in [0.05, 0.1) is 25.6 Å². The van der Waals surface area contributed by atoms with Crippen LogP contribution in [0.5, 0.6) is 0 Å². The van der Waals surface area contributed by atoms with Crippen LogP contribution in [0.4, 0.5) is 0 Å². The van der Waals surface area contributed by atoms with Crippen molar-refractivity contribution in [3.8, 4) is 0 Å². The van der Waals surface area contributed by atoms with Crippen LogP contribution in [0.3, 0.4) is 0 Å². The third-order valence-electron chi connectivity index (χ3n) is 6.07. The standard InChI is InChI=1S/C21H33N7O2/c1-17(2)28-15-18(13-22-28)14-26-7-4-3-5-19(26)6-8-27-16-20(23-24-27)21(29)25-9-11-30-12-10-25/h13,15-17,19H,3-12,14H2,1-2H3. The molecule has 1 unspecified atom stereocenters. The SMILES string of the molecule is CC(C)n1cc(CN2CCCCC2CCn2cc(C(=O)N3CCOCC3)nn2)cn1. The van der Waals surface area contributed by atoms with Gasteiger partial charge in [-0.2, -0.15) is 5.10 Å². The smallest absolute Gasteiger partial charge is 0.276 e. The number of carbonyl (C=O) groups is 1. The second-order valence-corrected chi connectivity index (χ2v) is 8.60. The Bertz CT molecular complexity index is 825. The van der Waals surface area contributed by atoms with Crippen molar-refractivity contribution in [1.29, 1.82) is 0 Å². The van der Waals surface area contributed by atoms with E-state index in [1.165, 1.54) is 24.8 Å². The molecule has 0 N–H and O–H groups in total. The van der Waals surface area contributed by atoms with Gasteiger partial charge >= 0.3 is 0 Å². The van der Waals surface area contributed by atoms with Gasteiger partial charge in [-0.15, -0.1) is 5.10 Å². The van der Waals surface area contributed by atoms with Crippen LogP contribution in [0.15, 0.2) is 18.6 Å². The Balaban J connectivity index is 1.32. The van der Waals surface area contributed by atoms with E-state index in [1.54, 1.807) is 11.1 Å². The highest BCUT2D eigenvalue weighted by Crippen LogP contribution is 2.23. The molecule has 9 heteroatoms. The van der Waals surface area contributed by atoms with Gasteiger partial charge in [-0.05, 0) is 39.7 Å². The van der Waals surface area contributed by atoms with Gasteiger partial charge in [0.15, 0.2) is 5.69 Å². The van der Waals surface area contributed by atoms with Crippen molar-refractivity contribution in [3.63, 3.8) is 0 Å². The highest BCUT2D eigenvalue weighted by Gasteiger charge is 2.24. The number of morpholine rings is 1. The molecular weight excluding hydrogens is 382 g/mol. The number of ether oxygens (including phenoxy) is 1. The van der Waals surface area contributed by atoms with Gasteiger partial charge in [0.1, 0.15) is 0 Å². The Morgan fingerprint density at radius 1 is 1.20 bits per heavy atom. The number of likely N-dealkylation sites (tertiary alicyclic amines) is 1. The summed E-state index contributed by atoms with van der Waals surface area (Å²) >= 11 is 0. The van der Waals surface area contributed by atoms with Crippen LogP contribution in [-0.4, -0.2) is 79.4 Å². The van der Waals surface area contributed by atoms with Crippen LogP contribution >= 0.6 is 0 Å². The van der Waals surface area contributed by atoms with E-state index >= 15 is 0 Å². The van der Waals surface area contributed by atoms with Gasteiger partial charge in [-0.1, -0.05) is 11.6 Å². The molecule has 4 heterocycles. The molecule has 4 rings (SSSR count). The Morgan fingerprint density at radius 3 is 2.80 bits per heavy atom. The largest absolute Gasteiger partial charge is 0.378 e. The average molecular weight is 416 g/mol. The molecule has 164 valence electrons. The maximum atomic E-state index is 12.6. The average Bonchev–Trinajstić information content (AvgIpc) is 3.43. The van der Waals surface area contributed by atoms with Crippen molar-refractivity contribution in [2.24, 2.45) is 0 Å². The molecule has 0 spiro atoms. The zero-order valence-electron chi connectivity index (χ0n) is 18.1.